The molecule has 0 aliphatic carbocycles. The van der Waals surface area contributed by atoms with E-state index in [2.05, 4.69) is 5.32 Å². The Bertz CT molecular complexity index is 146. The first-order chi connectivity index (χ1) is 5.60. The predicted molar refractivity (Wildman–Crippen MR) is 44.5 cm³/mol. The van der Waals surface area contributed by atoms with Crippen LogP contribution in [0.4, 0.5) is 4.79 Å². The molecule has 0 spiro atoms. The van der Waals surface area contributed by atoms with Crippen LogP contribution in [-0.4, -0.2) is 35.0 Å². The SMILES string of the molecule is CCCC(CO)(CO)NC(N)=O. The number of carbonyl (C=O) groups excluding carboxylic acids is 1. The van der Waals surface area contributed by atoms with Gasteiger partial charge in [0.15, 0.2) is 0 Å². The van der Waals surface area contributed by atoms with E-state index in [0.717, 1.165) is 6.42 Å². The van der Waals surface area contributed by atoms with Gasteiger partial charge in [0, 0.05) is 0 Å². The molecule has 0 aromatic rings. The quantitative estimate of drug-likeness (QED) is 0.440. The molecule has 72 valence electrons. The Morgan fingerprint density at radius 2 is 2.00 bits per heavy atom. The highest BCUT2D eigenvalue weighted by Crippen LogP contribution is 2.10. The molecule has 2 amide bonds. The van der Waals surface area contributed by atoms with Crippen LogP contribution in [-0.2, 0) is 0 Å². The smallest absolute Gasteiger partial charge is 0.312 e. The molecule has 0 unspecified atom stereocenters. The van der Waals surface area contributed by atoms with Crippen LogP contribution >= 0.6 is 0 Å². The van der Waals surface area contributed by atoms with Crippen molar-refractivity contribution < 1.29 is 15.0 Å². The number of nitrogens with two attached hydrogens (primary N) is 1. The predicted octanol–water partition coefficient (Wildman–Crippen LogP) is -0.822. The van der Waals surface area contributed by atoms with Gasteiger partial charge in [0.1, 0.15) is 0 Å². The summed E-state index contributed by atoms with van der Waals surface area (Å²) in [5, 5.41) is 20.2. The number of carbonyl (C=O) groups is 1. The molecule has 0 rings (SSSR count). The van der Waals surface area contributed by atoms with Crippen LogP contribution in [0.1, 0.15) is 19.8 Å². The van der Waals surface area contributed by atoms with E-state index in [1.165, 1.54) is 0 Å². The monoisotopic (exact) mass is 176 g/mol. The van der Waals surface area contributed by atoms with Crippen molar-refractivity contribution in [3.63, 3.8) is 0 Å². The van der Waals surface area contributed by atoms with Gasteiger partial charge >= 0.3 is 6.03 Å². The molecule has 0 saturated carbocycles. The minimum Gasteiger partial charge on any atom is -0.394 e. The zero-order valence-electron chi connectivity index (χ0n) is 7.21. The minimum absolute atomic E-state index is 0.305. The lowest BCUT2D eigenvalue weighted by Gasteiger charge is -2.29. The average molecular weight is 176 g/mol. The number of hydrogen-bond donors (Lipinski definition) is 4. The van der Waals surface area contributed by atoms with Crippen LogP contribution in [0.2, 0.25) is 0 Å². The molecule has 0 aromatic carbocycles. The first-order valence-corrected chi connectivity index (χ1v) is 3.89. The molecule has 12 heavy (non-hydrogen) atoms. The summed E-state index contributed by atoms with van der Waals surface area (Å²) in [4.78, 5) is 10.5. The van der Waals surface area contributed by atoms with E-state index in [-0.39, 0.29) is 13.2 Å². The number of urea groups is 1. The highest BCUT2D eigenvalue weighted by Gasteiger charge is 2.28. The largest absolute Gasteiger partial charge is 0.394 e. The van der Waals surface area contributed by atoms with E-state index in [1.807, 2.05) is 6.92 Å². The van der Waals surface area contributed by atoms with Gasteiger partial charge in [-0.15, -0.1) is 0 Å². The Labute approximate surface area is 71.6 Å². The van der Waals surface area contributed by atoms with Crippen LogP contribution in [0.15, 0.2) is 0 Å². The number of rotatable bonds is 5. The Kier molecular flexibility index (Phi) is 4.61. The van der Waals surface area contributed by atoms with Crippen LogP contribution in [0, 0.1) is 0 Å². The molecule has 0 saturated heterocycles. The number of aliphatic hydroxyl groups excluding tert-OH is 2. The van der Waals surface area contributed by atoms with E-state index in [9.17, 15) is 4.79 Å². The van der Waals surface area contributed by atoms with E-state index in [1.54, 1.807) is 0 Å². The van der Waals surface area contributed by atoms with Crippen molar-refractivity contribution >= 4 is 6.03 Å². The normalized spacial score (nSPS) is 11.2. The summed E-state index contributed by atoms with van der Waals surface area (Å²) >= 11 is 0. The van der Waals surface area contributed by atoms with E-state index in [4.69, 9.17) is 15.9 Å². The maximum Gasteiger partial charge on any atom is 0.312 e. The van der Waals surface area contributed by atoms with Crippen LogP contribution < -0.4 is 11.1 Å². The first kappa shape index (κ1) is 11.2. The van der Waals surface area contributed by atoms with Crippen molar-refractivity contribution in [1.29, 1.82) is 0 Å². The standard InChI is InChI=1S/C7H16N2O3/c1-2-3-7(4-10,5-11)9-6(8)12/h10-11H,2-5H2,1H3,(H3,8,9,12). The lowest BCUT2D eigenvalue weighted by Crippen LogP contribution is -2.55. The molecule has 0 radical (unpaired) electrons. The van der Waals surface area contributed by atoms with Gasteiger partial charge in [-0.1, -0.05) is 13.3 Å². The zero-order valence-corrected chi connectivity index (χ0v) is 7.21. The molecule has 5 nitrogen and oxygen atoms in total. The third-order valence-corrected chi connectivity index (χ3v) is 1.72. The van der Waals surface area contributed by atoms with Crippen molar-refractivity contribution in [3.05, 3.63) is 0 Å². The van der Waals surface area contributed by atoms with Crippen molar-refractivity contribution in [3.8, 4) is 0 Å². The number of hydrogen-bond acceptors (Lipinski definition) is 3. The molecule has 5 N–H and O–H groups in total. The average Bonchev–Trinajstić information content (AvgIpc) is 2.03. The van der Waals surface area contributed by atoms with Crippen LogP contribution in [0.25, 0.3) is 0 Å². The maximum atomic E-state index is 10.5. The Morgan fingerprint density at radius 3 is 2.25 bits per heavy atom. The molecular weight excluding hydrogens is 160 g/mol. The molecule has 0 heterocycles. The lowest BCUT2D eigenvalue weighted by atomic mass is 9.96. The van der Waals surface area contributed by atoms with Crippen LogP contribution in [0.5, 0.6) is 0 Å². The van der Waals surface area contributed by atoms with Gasteiger partial charge in [-0.2, -0.15) is 0 Å². The van der Waals surface area contributed by atoms with Crippen molar-refractivity contribution in [2.75, 3.05) is 13.2 Å². The fraction of sp³-hybridized carbons (Fsp3) is 0.857. The topological polar surface area (TPSA) is 95.6 Å². The number of primary amides is 1. The molecule has 0 aromatic heterocycles. The summed E-state index contributed by atoms with van der Waals surface area (Å²) in [5.41, 5.74) is 3.93. The highest BCUT2D eigenvalue weighted by atomic mass is 16.3. The lowest BCUT2D eigenvalue weighted by molar-refractivity contribution is 0.0907. The molecular formula is C7H16N2O3. The van der Waals surface area contributed by atoms with Gasteiger partial charge in [-0.05, 0) is 6.42 Å². The second kappa shape index (κ2) is 4.95. The summed E-state index contributed by atoms with van der Waals surface area (Å²) in [5.74, 6) is 0. The summed E-state index contributed by atoms with van der Waals surface area (Å²) in [6.45, 7) is 1.28. The molecule has 0 aliphatic heterocycles. The van der Waals surface area contributed by atoms with E-state index in [0.29, 0.717) is 6.42 Å². The Hall–Kier alpha value is -0.810. The zero-order chi connectivity index (χ0) is 9.61. The first-order valence-electron chi connectivity index (χ1n) is 3.89. The molecule has 5 heteroatoms. The minimum atomic E-state index is -0.958. The van der Waals surface area contributed by atoms with Crippen molar-refractivity contribution in [2.24, 2.45) is 5.73 Å². The maximum absolute atomic E-state index is 10.5. The molecule has 0 aliphatic rings. The van der Waals surface area contributed by atoms with Gasteiger partial charge in [0.25, 0.3) is 0 Å². The Balaban J connectivity index is 4.23. The van der Waals surface area contributed by atoms with Crippen LogP contribution in [0.3, 0.4) is 0 Å². The van der Waals surface area contributed by atoms with Crippen molar-refractivity contribution in [1.82, 2.24) is 5.32 Å². The molecule has 0 atom stereocenters. The van der Waals surface area contributed by atoms with Gasteiger partial charge < -0.3 is 21.3 Å². The fourth-order valence-corrected chi connectivity index (χ4v) is 1.09. The number of amides is 2. The van der Waals surface area contributed by atoms with Crippen molar-refractivity contribution in [2.45, 2.75) is 25.3 Å². The second-order valence-corrected chi connectivity index (χ2v) is 2.84. The molecule has 0 fully saturated rings. The summed E-state index contributed by atoms with van der Waals surface area (Å²) < 4.78 is 0. The highest BCUT2D eigenvalue weighted by molar-refractivity contribution is 5.72. The second-order valence-electron chi connectivity index (χ2n) is 2.84. The number of nitrogens with one attached hydrogen (secondary N) is 1. The Morgan fingerprint density at radius 1 is 1.50 bits per heavy atom. The third-order valence-electron chi connectivity index (χ3n) is 1.72. The summed E-state index contributed by atoms with van der Waals surface area (Å²) in [7, 11) is 0. The van der Waals surface area contributed by atoms with Gasteiger partial charge in [-0.25, -0.2) is 4.79 Å². The van der Waals surface area contributed by atoms with Gasteiger partial charge in [0.2, 0.25) is 0 Å². The number of aliphatic hydroxyl groups is 2. The van der Waals surface area contributed by atoms with Gasteiger partial charge in [-0.3, -0.25) is 0 Å². The van der Waals surface area contributed by atoms with E-state index >= 15 is 0 Å². The fourth-order valence-electron chi connectivity index (χ4n) is 1.09. The van der Waals surface area contributed by atoms with Gasteiger partial charge in [0.05, 0.1) is 18.8 Å². The molecule has 0 bridgehead atoms. The third kappa shape index (κ3) is 3.06. The van der Waals surface area contributed by atoms with E-state index < -0.39 is 11.6 Å². The summed E-state index contributed by atoms with van der Waals surface area (Å²) in [6, 6.07) is -0.730. The summed E-state index contributed by atoms with van der Waals surface area (Å²) in [6.07, 6.45) is 1.25.